The zero-order chi connectivity index (χ0) is 21.5. The van der Waals surface area contributed by atoms with Gasteiger partial charge in [0.15, 0.2) is 5.78 Å². The van der Waals surface area contributed by atoms with Crippen LogP contribution < -0.4 is 0 Å². The Morgan fingerprint density at radius 2 is 1.87 bits per heavy atom. The lowest BCUT2D eigenvalue weighted by Gasteiger charge is -2.56. The number of unbranched alkanes of at least 4 members (excludes halogenated alkanes) is 3. The van der Waals surface area contributed by atoms with Gasteiger partial charge in [-0.15, -0.1) is 0 Å². The maximum absolute atomic E-state index is 12.5. The summed E-state index contributed by atoms with van der Waals surface area (Å²) in [6.45, 7) is 9.24. The van der Waals surface area contributed by atoms with Crippen LogP contribution in [0.5, 0.6) is 0 Å². The highest BCUT2D eigenvalue weighted by Crippen LogP contribution is 2.64. The third-order valence-corrected chi connectivity index (χ3v) is 9.33. The number of fused-ring (bicyclic) bond motifs is 5. The second-order valence-electron chi connectivity index (χ2n) is 11.7. The maximum Gasteiger partial charge on any atom is 0.306 e. The molecule has 3 heteroatoms. The van der Waals surface area contributed by atoms with E-state index in [1.165, 1.54) is 44.1 Å². The Morgan fingerprint density at radius 3 is 2.63 bits per heavy atom. The lowest BCUT2D eigenvalue weighted by molar-refractivity contribution is -0.159. The number of allylic oxidation sites excluding steroid dienone is 1. The molecule has 0 spiro atoms. The van der Waals surface area contributed by atoms with Crippen LogP contribution in [0, 0.1) is 34.5 Å². The normalized spacial score (nSPS) is 39.5. The van der Waals surface area contributed by atoms with Crippen LogP contribution in [-0.4, -0.2) is 17.9 Å². The molecule has 0 unspecified atom stereocenters. The Balaban J connectivity index is 1.44. The van der Waals surface area contributed by atoms with Gasteiger partial charge in [0.05, 0.1) is 0 Å². The molecule has 3 fully saturated rings. The van der Waals surface area contributed by atoms with Crippen LogP contribution in [-0.2, 0) is 14.3 Å². The molecule has 4 rings (SSSR count). The summed E-state index contributed by atoms with van der Waals surface area (Å²) in [5, 5.41) is 0. The molecule has 0 heterocycles. The Bertz CT molecular complexity index is 705. The van der Waals surface area contributed by atoms with E-state index in [0.717, 1.165) is 31.6 Å². The Labute approximate surface area is 183 Å². The van der Waals surface area contributed by atoms with Gasteiger partial charge in [0.25, 0.3) is 0 Å². The summed E-state index contributed by atoms with van der Waals surface area (Å²) in [6.07, 6.45) is 14.8. The van der Waals surface area contributed by atoms with E-state index in [0.29, 0.717) is 36.4 Å². The van der Waals surface area contributed by atoms with Crippen molar-refractivity contribution in [2.45, 2.75) is 111 Å². The van der Waals surface area contributed by atoms with Gasteiger partial charge in [-0.3, -0.25) is 9.59 Å². The number of esters is 1. The van der Waals surface area contributed by atoms with Gasteiger partial charge in [-0.1, -0.05) is 52.5 Å². The molecule has 0 amide bonds. The molecule has 6 atom stereocenters. The highest BCUT2D eigenvalue weighted by molar-refractivity contribution is 5.92. The molecule has 0 saturated heterocycles. The molecular weight excluding hydrogens is 372 g/mol. The van der Waals surface area contributed by atoms with E-state index in [1.807, 2.05) is 6.08 Å². The zero-order valence-electron chi connectivity index (χ0n) is 19.7. The van der Waals surface area contributed by atoms with Crippen LogP contribution in [0.15, 0.2) is 11.6 Å². The summed E-state index contributed by atoms with van der Waals surface area (Å²) in [7, 11) is 0. The third-order valence-electron chi connectivity index (χ3n) is 9.33. The maximum atomic E-state index is 12.5. The Hall–Kier alpha value is -1.12. The summed E-state index contributed by atoms with van der Waals surface area (Å²) in [6, 6.07) is 0. The van der Waals surface area contributed by atoms with Crippen LogP contribution in [0.1, 0.15) is 105 Å². The molecule has 0 aromatic carbocycles. The third kappa shape index (κ3) is 3.91. The highest BCUT2D eigenvalue weighted by Gasteiger charge is 2.59. The van der Waals surface area contributed by atoms with Crippen LogP contribution in [0.25, 0.3) is 0 Å². The molecule has 3 saturated carbocycles. The van der Waals surface area contributed by atoms with Gasteiger partial charge in [0, 0.05) is 18.3 Å². The van der Waals surface area contributed by atoms with Crippen LogP contribution in [0.2, 0.25) is 0 Å². The van der Waals surface area contributed by atoms with E-state index < -0.39 is 0 Å². The summed E-state index contributed by atoms with van der Waals surface area (Å²) >= 11 is 0. The first-order valence-corrected chi connectivity index (χ1v) is 12.7. The van der Waals surface area contributed by atoms with Gasteiger partial charge in [-0.05, 0) is 80.1 Å². The van der Waals surface area contributed by atoms with E-state index in [2.05, 4.69) is 27.7 Å². The fourth-order valence-electron chi connectivity index (χ4n) is 8.03. The molecular formula is C27H42O3. The van der Waals surface area contributed by atoms with Crippen molar-refractivity contribution in [1.82, 2.24) is 0 Å². The average Bonchev–Trinajstić information content (AvgIpc) is 3.00. The van der Waals surface area contributed by atoms with Crippen molar-refractivity contribution in [1.29, 1.82) is 0 Å². The summed E-state index contributed by atoms with van der Waals surface area (Å²) < 4.78 is 6.11. The van der Waals surface area contributed by atoms with E-state index >= 15 is 0 Å². The van der Waals surface area contributed by atoms with E-state index in [9.17, 15) is 9.59 Å². The molecule has 0 aromatic rings. The minimum atomic E-state index is 0.0286. The number of rotatable bonds is 6. The molecule has 4 aliphatic carbocycles. The minimum Gasteiger partial charge on any atom is -0.462 e. The molecule has 0 bridgehead atoms. The van der Waals surface area contributed by atoms with Crippen molar-refractivity contribution in [3.63, 3.8) is 0 Å². The Morgan fingerprint density at radius 1 is 1.07 bits per heavy atom. The molecule has 0 aliphatic heterocycles. The van der Waals surface area contributed by atoms with Crippen molar-refractivity contribution in [3.05, 3.63) is 11.6 Å². The molecule has 168 valence electrons. The standard InChI is InChI=1S/C27H42O3/c1-5-6-7-8-9-24(29)30-23-13-12-22-20-11-10-18-16-19(28)17-26(2,3)25(18)21(20)14-15-27(22,23)4/h16,20-23,25H,5-15,17H2,1-4H3/t20-,21+,22+,23+,25+,27+/m1/s1. The largest absolute Gasteiger partial charge is 0.462 e. The van der Waals surface area contributed by atoms with Gasteiger partial charge in [0.1, 0.15) is 6.10 Å². The molecule has 0 N–H and O–H groups in total. The highest BCUT2D eigenvalue weighted by atomic mass is 16.5. The van der Waals surface area contributed by atoms with Crippen LogP contribution in [0.4, 0.5) is 0 Å². The SMILES string of the molecule is CCCCCCC(=O)O[C@H]1CC[C@H]2[C@@H]3CCC4=CC(=O)CC(C)(C)[C@@H]4[C@H]3CC[C@]12C. The fourth-order valence-corrected chi connectivity index (χ4v) is 8.03. The fraction of sp³-hybridized carbons (Fsp3) is 0.852. The molecule has 30 heavy (non-hydrogen) atoms. The number of ketones is 1. The quantitative estimate of drug-likeness (QED) is 0.361. The molecule has 4 aliphatic rings. The van der Waals surface area contributed by atoms with Gasteiger partial charge >= 0.3 is 5.97 Å². The number of carbonyl (C=O) groups excluding carboxylic acids is 2. The number of ether oxygens (including phenoxy) is 1. The van der Waals surface area contributed by atoms with E-state index in [-0.39, 0.29) is 22.9 Å². The van der Waals surface area contributed by atoms with E-state index in [4.69, 9.17) is 4.74 Å². The van der Waals surface area contributed by atoms with Crippen molar-refractivity contribution >= 4 is 11.8 Å². The van der Waals surface area contributed by atoms with Crippen molar-refractivity contribution in [2.75, 3.05) is 0 Å². The van der Waals surface area contributed by atoms with Crippen LogP contribution >= 0.6 is 0 Å². The van der Waals surface area contributed by atoms with Crippen molar-refractivity contribution in [2.24, 2.45) is 34.5 Å². The molecule has 0 radical (unpaired) electrons. The van der Waals surface area contributed by atoms with Crippen LogP contribution in [0.3, 0.4) is 0 Å². The first kappa shape index (κ1) is 22.1. The molecule has 3 nitrogen and oxygen atoms in total. The van der Waals surface area contributed by atoms with Gasteiger partial charge < -0.3 is 4.74 Å². The average molecular weight is 415 g/mol. The topological polar surface area (TPSA) is 43.4 Å². The first-order valence-electron chi connectivity index (χ1n) is 12.7. The zero-order valence-corrected chi connectivity index (χ0v) is 19.7. The Kier molecular flexibility index (Phi) is 6.21. The summed E-state index contributed by atoms with van der Waals surface area (Å²) in [4.78, 5) is 24.8. The summed E-state index contributed by atoms with van der Waals surface area (Å²) in [5.41, 5.74) is 1.67. The second kappa shape index (κ2) is 8.43. The smallest absolute Gasteiger partial charge is 0.306 e. The lowest BCUT2D eigenvalue weighted by Crippen LogP contribution is -2.51. The number of hydrogen-bond donors (Lipinski definition) is 0. The second-order valence-corrected chi connectivity index (χ2v) is 11.7. The van der Waals surface area contributed by atoms with Gasteiger partial charge in [-0.2, -0.15) is 0 Å². The first-order chi connectivity index (χ1) is 14.3. The predicted octanol–water partition coefficient (Wildman–Crippen LogP) is 6.65. The number of hydrogen-bond acceptors (Lipinski definition) is 3. The van der Waals surface area contributed by atoms with Crippen molar-refractivity contribution < 1.29 is 14.3 Å². The molecule has 0 aromatic heterocycles. The summed E-state index contributed by atoms with van der Waals surface area (Å²) in [5.74, 6) is 3.03. The monoisotopic (exact) mass is 414 g/mol. The lowest BCUT2D eigenvalue weighted by atomic mass is 9.48. The van der Waals surface area contributed by atoms with Crippen molar-refractivity contribution in [3.8, 4) is 0 Å². The number of carbonyl (C=O) groups is 2. The van der Waals surface area contributed by atoms with Gasteiger partial charge in [-0.25, -0.2) is 0 Å². The van der Waals surface area contributed by atoms with E-state index in [1.54, 1.807) is 0 Å². The van der Waals surface area contributed by atoms with Gasteiger partial charge in [0.2, 0.25) is 0 Å². The minimum absolute atomic E-state index is 0.0286. The predicted molar refractivity (Wildman–Crippen MR) is 120 cm³/mol.